The van der Waals surface area contributed by atoms with E-state index in [1.165, 1.54) is 6.08 Å². The van der Waals surface area contributed by atoms with Crippen molar-refractivity contribution in [3.8, 4) is 23.0 Å². The topological polar surface area (TPSA) is 86.5 Å². The molecule has 0 unspecified atom stereocenters. The molecule has 0 spiro atoms. The summed E-state index contributed by atoms with van der Waals surface area (Å²) >= 11 is 6.05. The second-order valence-electron chi connectivity index (χ2n) is 5.61. The summed E-state index contributed by atoms with van der Waals surface area (Å²) in [5, 5.41) is 10.9. The van der Waals surface area contributed by atoms with Crippen LogP contribution in [0.3, 0.4) is 0 Å². The minimum atomic E-state index is -0.410. The summed E-state index contributed by atoms with van der Waals surface area (Å²) in [5.74, 6) is 1.14. The molecule has 2 aromatic carbocycles. The van der Waals surface area contributed by atoms with Crippen molar-refractivity contribution in [3.05, 3.63) is 59.1 Å². The van der Waals surface area contributed by atoms with Crippen LogP contribution in [0.25, 0.3) is 17.5 Å². The number of nitrogens with one attached hydrogen (secondary N) is 1. The first-order valence-electron chi connectivity index (χ1n) is 8.16. The molecule has 0 atom stereocenters. The van der Waals surface area contributed by atoms with Crippen LogP contribution in [-0.2, 0) is 4.79 Å². The van der Waals surface area contributed by atoms with Crippen molar-refractivity contribution in [1.82, 2.24) is 10.2 Å². The second-order valence-corrected chi connectivity index (χ2v) is 6.02. The van der Waals surface area contributed by atoms with E-state index in [9.17, 15) is 4.79 Å². The summed E-state index contributed by atoms with van der Waals surface area (Å²) in [5.41, 5.74) is 1.40. The molecule has 3 aromatic rings. The molecule has 1 aliphatic rings. The number of aromatic nitrogens is 2. The Kier molecular flexibility index (Phi) is 4.76. The first-order chi connectivity index (χ1) is 13.2. The zero-order valence-corrected chi connectivity index (χ0v) is 14.8. The van der Waals surface area contributed by atoms with Crippen LogP contribution in [-0.4, -0.2) is 29.3 Å². The number of benzene rings is 2. The summed E-state index contributed by atoms with van der Waals surface area (Å²) in [7, 11) is 0. The highest BCUT2D eigenvalue weighted by molar-refractivity contribution is 6.32. The number of fused-ring (bicyclic) bond motifs is 1. The Morgan fingerprint density at radius 2 is 1.89 bits per heavy atom. The van der Waals surface area contributed by atoms with Crippen LogP contribution >= 0.6 is 11.6 Å². The number of carbonyl (C=O) groups is 1. The molecular formula is C19H14ClN3O4. The van der Waals surface area contributed by atoms with Gasteiger partial charge in [0.1, 0.15) is 13.2 Å². The fourth-order valence-electron chi connectivity index (χ4n) is 2.49. The number of halogens is 1. The van der Waals surface area contributed by atoms with E-state index in [0.717, 1.165) is 5.56 Å². The third kappa shape index (κ3) is 3.93. The van der Waals surface area contributed by atoms with Gasteiger partial charge in [-0.2, -0.15) is 0 Å². The number of anilines is 1. The van der Waals surface area contributed by atoms with E-state index < -0.39 is 5.91 Å². The number of rotatable bonds is 4. The molecule has 7 nitrogen and oxygen atoms in total. The van der Waals surface area contributed by atoms with E-state index in [-0.39, 0.29) is 11.9 Å². The Balaban J connectivity index is 1.45. The first-order valence-corrected chi connectivity index (χ1v) is 8.54. The highest BCUT2D eigenvalue weighted by Gasteiger charge is 2.16. The van der Waals surface area contributed by atoms with Crippen molar-refractivity contribution in [1.29, 1.82) is 0 Å². The predicted octanol–water partition coefficient (Wildman–Crippen LogP) is 3.81. The van der Waals surface area contributed by atoms with Gasteiger partial charge in [0.05, 0.1) is 0 Å². The van der Waals surface area contributed by atoms with Crippen LogP contribution in [0, 0.1) is 0 Å². The summed E-state index contributed by atoms with van der Waals surface area (Å²) in [4.78, 5) is 12.0. The molecule has 27 heavy (non-hydrogen) atoms. The normalized spacial score (nSPS) is 12.9. The number of amides is 1. The van der Waals surface area contributed by atoms with Gasteiger partial charge < -0.3 is 13.9 Å². The van der Waals surface area contributed by atoms with Crippen LogP contribution < -0.4 is 14.8 Å². The molecule has 0 aliphatic carbocycles. The minimum absolute atomic E-state index is 0.00584. The van der Waals surface area contributed by atoms with Gasteiger partial charge in [0.15, 0.2) is 11.5 Å². The van der Waals surface area contributed by atoms with Gasteiger partial charge in [-0.25, -0.2) is 0 Å². The Labute approximate surface area is 159 Å². The van der Waals surface area contributed by atoms with Crippen LogP contribution in [0.2, 0.25) is 5.02 Å². The molecule has 1 aromatic heterocycles. The van der Waals surface area contributed by atoms with Gasteiger partial charge >= 0.3 is 6.01 Å². The molecule has 8 heteroatoms. The molecule has 0 bridgehead atoms. The van der Waals surface area contributed by atoms with Crippen molar-refractivity contribution in [2.24, 2.45) is 0 Å². The molecule has 1 aliphatic heterocycles. The van der Waals surface area contributed by atoms with E-state index >= 15 is 0 Å². The van der Waals surface area contributed by atoms with Crippen LogP contribution in [0.1, 0.15) is 5.56 Å². The summed E-state index contributed by atoms with van der Waals surface area (Å²) in [6.07, 6.45) is 2.95. The maximum Gasteiger partial charge on any atom is 0.322 e. The van der Waals surface area contributed by atoms with E-state index in [1.54, 1.807) is 36.4 Å². The fourth-order valence-corrected chi connectivity index (χ4v) is 2.69. The number of nitrogens with zero attached hydrogens (tertiary/aromatic N) is 2. The largest absolute Gasteiger partial charge is 0.486 e. The average molecular weight is 384 g/mol. The number of hydrogen-bond donors (Lipinski definition) is 1. The molecule has 1 N–H and O–H groups in total. The monoisotopic (exact) mass is 383 g/mol. The Morgan fingerprint density at radius 1 is 1.07 bits per heavy atom. The second kappa shape index (κ2) is 7.51. The third-order valence-corrected chi connectivity index (χ3v) is 4.11. The maximum atomic E-state index is 12.0. The molecule has 0 saturated heterocycles. The minimum Gasteiger partial charge on any atom is -0.486 e. The zero-order chi connectivity index (χ0) is 18.6. The Hall–Kier alpha value is -3.32. The van der Waals surface area contributed by atoms with Gasteiger partial charge in [-0.05, 0) is 35.9 Å². The smallest absolute Gasteiger partial charge is 0.322 e. The lowest BCUT2D eigenvalue weighted by Crippen LogP contribution is -2.15. The lowest BCUT2D eigenvalue weighted by Gasteiger charge is -2.18. The molecule has 0 saturated carbocycles. The van der Waals surface area contributed by atoms with Gasteiger partial charge in [0.25, 0.3) is 5.91 Å². The third-order valence-electron chi connectivity index (χ3n) is 3.76. The van der Waals surface area contributed by atoms with Gasteiger partial charge in [0, 0.05) is 16.7 Å². The van der Waals surface area contributed by atoms with Crippen LogP contribution in [0.15, 0.2) is 53.0 Å². The van der Waals surface area contributed by atoms with E-state index in [0.29, 0.717) is 35.3 Å². The molecular weight excluding hydrogens is 370 g/mol. The Bertz CT molecular complexity index is 1020. The summed E-state index contributed by atoms with van der Waals surface area (Å²) < 4.78 is 16.5. The van der Waals surface area contributed by atoms with Crippen molar-refractivity contribution in [3.63, 3.8) is 0 Å². The molecule has 136 valence electrons. The molecule has 0 radical (unpaired) electrons. The number of carbonyl (C=O) groups excluding carboxylic acids is 1. The van der Waals surface area contributed by atoms with Crippen LogP contribution in [0.4, 0.5) is 6.01 Å². The van der Waals surface area contributed by atoms with Crippen LogP contribution in [0.5, 0.6) is 11.5 Å². The first kappa shape index (κ1) is 17.1. The van der Waals surface area contributed by atoms with Crippen molar-refractivity contribution < 1.29 is 18.7 Å². The van der Waals surface area contributed by atoms with Crippen molar-refractivity contribution in [2.75, 3.05) is 18.5 Å². The SMILES string of the molecule is O=C(C=Cc1ccccc1Cl)Nc1nnc(-c2ccc3c(c2)OCCO3)o1. The van der Waals surface area contributed by atoms with Crippen molar-refractivity contribution >= 4 is 29.6 Å². The predicted molar refractivity (Wildman–Crippen MR) is 99.8 cm³/mol. The van der Waals surface area contributed by atoms with E-state index in [2.05, 4.69) is 15.5 Å². The lowest BCUT2D eigenvalue weighted by atomic mass is 10.2. The van der Waals surface area contributed by atoms with Crippen molar-refractivity contribution in [2.45, 2.75) is 0 Å². The van der Waals surface area contributed by atoms with E-state index in [1.807, 2.05) is 12.1 Å². The highest BCUT2D eigenvalue weighted by atomic mass is 35.5. The molecule has 4 rings (SSSR count). The fraction of sp³-hybridized carbons (Fsp3) is 0.105. The summed E-state index contributed by atoms with van der Waals surface area (Å²) in [6, 6.07) is 12.5. The Morgan fingerprint density at radius 3 is 2.74 bits per heavy atom. The number of ether oxygens (including phenoxy) is 2. The highest BCUT2D eigenvalue weighted by Crippen LogP contribution is 2.34. The molecule has 1 amide bonds. The molecule has 2 heterocycles. The zero-order valence-electron chi connectivity index (χ0n) is 14.0. The standard InChI is InChI=1S/C19H14ClN3O4/c20-14-4-2-1-3-12(14)6-8-17(24)21-19-23-22-18(27-19)13-5-7-15-16(11-13)26-10-9-25-15/h1-8,11H,9-10H2,(H,21,23,24). The van der Waals surface area contributed by atoms with Gasteiger partial charge in [-0.1, -0.05) is 34.9 Å². The van der Waals surface area contributed by atoms with Gasteiger partial charge in [0.2, 0.25) is 5.89 Å². The maximum absolute atomic E-state index is 12.0. The van der Waals surface area contributed by atoms with E-state index in [4.69, 9.17) is 25.5 Å². The quantitative estimate of drug-likeness (QED) is 0.689. The average Bonchev–Trinajstić information content (AvgIpc) is 3.15. The number of hydrogen-bond acceptors (Lipinski definition) is 6. The van der Waals surface area contributed by atoms with Gasteiger partial charge in [-0.3, -0.25) is 10.1 Å². The molecule has 0 fully saturated rings. The van der Waals surface area contributed by atoms with Gasteiger partial charge in [-0.15, -0.1) is 5.10 Å². The lowest BCUT2D eigenvalue weighted by molar-refractivity contribution is -0.112. The summed E-state index contributed by atoms with van der Waals surface area (Å²) in [6.45, 7) is 1.00.